The number of aryl methyl sites for hydroxylation is 1. The maximum absolute atomic E-state index is 13.4. The highest BCUT2D eigenvalue weighted by Gasteiger charge is 2.36. The van der Waals surface area contributed by atoms with Crippen molar-refractivity contribution in [2.24, 2.45) is 0 Å². The number of alkyl carbamates (subject to hydrolysis) is 1. The van der Waals surface area contributed by atoms with Gasteiger partial charge in [-0.2, -0.15) is 0 Å². The molecule has 1 aromatic rings. The number of rotatable bonds is 9. The van der Waals surface area contributed by atoms with Crippen molar-refractivity contribution in [2.45, 2.75) is 92.0 Å². The van der Waals surface area contributed by atoms with Crippen molar-refractivity contribution in [2.75, 3.05) is 6.54 Å². The van der Waals surface area contributed by atoms with Gasteiger partial charge in [0.2, 0.25) is 11.8 Å². The van der Waals surface area contributed by atoms with Crippen LogP contribution in [0.15, 0.2) is 24.3 Å². The van der Waals surface area contributed by atoms with Crippen LogP contribution in [0.1, 0.15) is 78.5 Å². The van der Waals surface area contributed by atoms with Crippen molar-refractivity contribution in [3.05, 3.63) is 35.4 Å². The Morgan fingerprint density at radius 3 is 2.13 bits per heavy atom. The van der Waals surface area contributed by atoms with Crippen molar-refractivity contribution >= 4 is 17.9 Å². The Labute approximate surface area is 186 Å². The van der Waals surface area contributed by atoms with Crippen molar-refractivity contribution in [3.8, 4) is 0 Å². The molecule has 2 unspecified atom stereocenters. The van der Waals surface area contributed by atoms with Crippen LogP contribution in [0.5, 0.6) is 0 Å². The van der Waals surface area contributed by atoms with E-state index >= 15 is 0 Å². The van der Waals surface area contributed by atoms with Gasteiger partial charge in [0.1, 0.15) is 17.7 Å². The van der Waals surface area contributed by atoms with Crippen molar-refractivity contribution in [1.82, 2.24) is 15.5 Å². The fourth-order valence-electron chi connectivity index (χ4n) is 3.12. The van der Waals surface area contributed by atoms with Crippen LogP contribution in [0.2, 0.25) is 0 Å². The van der Waals surface area contributed by atoms with Crippen LogP contribution in [-0.4, -0.2) is 47.0 Å². The molecule has 1 aromatic carbocycles. The monoisotopic (exact) mass is 433 g/mol. The average Bonchev–Trinajstić information content (AvgIpc) is 2.64. The van der Waals surface area contributed by atoms with E-state index in [1.807, 2.05) is 45.0 Å². The van der Waals surface area contributed by atoms with E-state index in [9.17, 15) is 14.4 Å². The van der Waals surface area contributed by atoms with Gasteiger partial charge in [-0.05, 0) is 60.5 Å². The van der Waals surface area contributed by atoms with Gasteiger partial charge in [-0.25, -0.2) is 4.79 Å². The number of hydrogen-bond donors (Lipinski definition) is 2. The summed E-state index contributed by atoms with van der Waals surface area (Å²) in [5, 5.41) is 5.55. The van der Waals surface area contributed by atoms with Gasteiger partial charge in [-0.1, -0.05) is 43.2 Å². The third kappa shape index (κ3) is 8.59. The van der Waals surface area contributed by atoms with Gasteiger partial charge in [-0.15, -0.1) is 0 Å². The number of unbranched alkanes of at least 4 members (excludes halogenated alkanes) is 1. The lowest BCUT2D eigenvalue weighted by Crippen LogP contribution is -2.54. The van der Waals surface area contributed by atoms with Crippen LogP contribution in [0.4, 0.5) is 4.79 Å². The lowest BCUT2D eigenvalue weighted by Gasteiger charge is -2.36. The number of carbonyl (C=O) groups is 3. The largest absolute Gasteiger partial charge is 0.444 e. The van der Waals surface area contributed by atoms with Crippen LogP contribution >= 0.6 is 0 Å². The topological polar surface area (TPSA) is 87.7 Å². The van der Waals surface area contributed by atoms with E-state index in [-0.39, 0.29) is 17.9 Å². The molecular formula is C24H39N3O4. The second-order valence-electron chi connectivity index (χ2n) is 9.16. The van der Waals surface area contributed by atoms with Crippen LogP contribution in [0.3, 0.4) is 0 Å². The summed E-state index contributed by atoms with van der Waals surface area (Å²) in [4.78, 5) is 40.3. The molecule has 0 aromatic heterocycles. The standard InChI is InChI=1S/C24H39N3O4/c1-9-10-15-25-21(28)20(19-13-11-17(4)12-14-19)27(16(2)3)22(29)18(5)26-23(30)31-24(6,7)8/h11-14,16,18,20H,9-10,15H2,1-8H3,(H,25,28)(H,26,30). The molecule has 0 bridgehead atoms. The highest BCUT2D eigenvalue weighted by Crippen LogP contribution is 2.25. The zero-order valence-electron chi connectivity index (χ0n) is 20.2. The highest BCUT2D eigenvalue weighted by molar-refractivity contribution is 5.92. The number of nitrogens with zero attached hydrogens (tertiary/aromatic N) is 1. The second kappa shape index (κ2) is 11.7. The molecule has 0 aliphatic rings. The molecule has 7 heteroatoms. The van der Waals surface area contributed by atoms with Crippen molar-refractivity contribution in [1.29, 1.82) is 0 Å². The number of benzene rings is 1. The van der Waals surface area contributed by atoms with Gasteiger partial charge >= 0.3 is 6.09 Å². The molecule has 0 radical (unpaired) electrons. The molecule has 31 heavy (non-hydrogen) atoms. The first-order valence-corrected chi connectivity index (χ1v) is 11.0. The quantitative estimate of drug-likeness (QED) is 0.574. The van der Waals surface area contributed by atoms with Gasteiger partial charge in [-0.3, -0.25) is 9.59 Å². The third-order valence-corrected chi connectivity index (χ3v) is 4.66. The first kappa shape index (κ1) is 26.5. The van der Waals surface area contributed by atoms with E-state index in [0.717, 1.165) is 24.0 Å². The number of nitrogens with one attached hydrogen (secondary N) is 2. The van der Waals surface area contributed by atoms with Crippen LogP contribution in [-0.2, 0) is 14.3 Å². The third-order valence-electron chi connectivity index (χ3n) is 4.66. The predicted octanol–water partition coefficient (Wildman–Crippen LogP) is 4.10. The normalized spacial score (nSPS) is 13.3. The molecule has 7 nitrogen and oxygen atoms in total. The molecule has 174 valence electrons. The Kier molecular flexibility index (Phi) is 10.0. The zero-order valence-corrected chi connectivity index (χ0v) is 20.2. The number of ether oxygens (including phenoxy) is 1. The molecule has 0 saturated carbocycles. The Hall–Kier alpha value is -2.57. The maximum atomic E-state index is 13.4. The van der Waals surface area contributed by atoms with Gasteiger partial charge in [0.25, 0.3) is 0 Å². The summed E-state index contributed by atoms with van der Waals surface area (Å²) in [6.07, 6.45) is 1.15. The minimum absolute atomic E-state index is 0.233. The number of hydrogen-bond acceptors (Lipinski definition) is 4. The summed E-state index contributed by atoms with van der Waals surface area (Å²) >= 11 is 0. The van der Waals surface area contributed by atoms with E-state index in [4.69, 9.17) is 4.74 Å². The summed E-state index contributed by atoms with van der Waals surface area (Å²) in [5.74, 6) is -0.583. The molecule has 0 aliphatic carbocycles. The van der Waals surface area contributed by atoms with E-state index in [1.165, 1.54) is 4.90 Å². The first-order valence-electron chi connectivity index (χ1n) is 11.0. The molecule has 2 N–H and O–H groups in total. The summed E-state index contributed by atoms with van der Waals surface area (Å²) < 4.78 is 5.27. The Morgan fingerprint density at radius 2 is 1.65 bits per heavy atom. The molecule has 0 aliphatic heterocycles. The molecular weight excluding hydrogens is 394 g/mol. The minimum Gasteiger partial charge on any atom is -0.444 e. The molecule has 0 heterocycles. The summed E-state index contributed by atoms with van der Waals surface area (Å²) in [7, 11) is 0. The fraction of sp³-hybridized carbons (Fsp3) is 0.625. The predicted molar refractivity (Wildman–Crippen MR) is 123 cm³/mol. The van der Waals surface area contributed by atoms with E-state index < -0.39 is 23.8 Å². The lowest BCUT2D eigenvalue weighted by atomic mass is 10.00. The summed E-state index contributed by atoms with van der Waals surface area (Å²) in [6, 6.07) is 5.67. The number of amides is 3. The number of carbonyl (C=O) groups excluding carboxylic acids is 3. The molecule has 3 amide bonds. The zero-order chi connectivity index (χ0) is 23.8. The van der Waals surface area contributed by atoms with Crippen molar-refractivity contribution < 1.29 is 19.1 Å². The van der Waals surface area contributed by atoms with E-state index in [1.54, 1.807) is 27.7 Å². The van der Waals surface area contributed by atoms with Crippen LogP contribution < -0.4 is 10.6 Å². The lowest BCUT2D eigenvalue weighted by molar-refractivity contribution is -0.144. The van der Waals surface area contributed by atoms with Gasteiger partial charge < -0.3 is 20.3 Å². The molecule has 0 saturated heterocycles. The smallest absolute Gasteiger partial charge is 0.408 e. The van der Waals surface area contributed by atoms with E-state index in [2.05, 4.69) is 17.6 Å². The summed E-state index contributed by atoms with van der Waals surface area (Å²) in [5.41, 5.74) is 1.12. The fourth-order valence-corrected chi connectivity index (χ4v) is 3.12. The van der Waals surface area contributed by atoms with Crippen LogP contribution in [0.25, 0.3) is 0 Å². The van der Waals surface area contributed by atoms with Gasteiger partial charge in [0.15, 0.2) is 0 Å². The Bertz CT molecular complexity index is 738. The van der Waals surface area contributed by atoms with Gasteiger partial charge in [0.05, 0.1) is 0 Å². The molecule has 2 atom stereocenters. The Morgan fingerprint density at radius 1 is 1.06 bits per heavy atom. The van der Waals surface area contributed by atoms with Crippen molar-refractivity contribution in [3.63, 3.8) is 0 Å². The molecule has 1 rings (SSSR count). The van der Waals surface area contributed by atoms with Crippen LogP contribution in [0, 0.1) is 6.92 Å². The van der Waals surface area contributed by atoms with Gasteiger partial charge in [0, 0.05) is 12.6 Å². The molecule has 0 fully saturated rings. The minimum atomic E-state index is -0.853. The first-order chi connectivity index (χ1) is 14.4. The molecule has 0 spiro atoms. The second-order valence-corrected chi connectivity index (χ2v) is 9.16. The van der Waals surface area contributed by atoms with E-state index in [0.29, 0.717) is 6.54 Å². The highest BCUT2D eigenvalue weighted by atomic mass is 16.6. The summed E-state index contributed by atoms with van der Waals surface area (Å²) in [6.45, 7) is 15.2. The average molecular weight is 434 g/mol. The SMILES string of the molecule is CCCCNC(=O)C(c1ccc(C)cc1)N(C(=O)C(C)NC(=O)OC(C)(C)C)C(C)C. The Balaban J connectivity index is 3.19. The maximum Gasteiger partial charge on any atom is 0.408 e.